The highest BCUT2D eigenvalue weighted by Crippen LogP contribution is 2.25. The summed E-state index contributed by atoms with van der Waals surface area (Å²) in [6.07, 6.45) is 4.18. The normalized spacial score (nSPS) is 13.5. The van der Waals surface area contributed by atoms with Crippen LogP contribution in [0.2, 0.25) is 0 Å². The first-order valence-corrected chi connectivity index (χ1v) is 6.41. The monoisotopic (exact) mass is 258 g/mol. The van der Waals surface area contributed by atoms with Crippen molar-refractivity contribution in [1.29, 1.82) is 0 Å². The predicted octanol–water partition coefficient (Wildman–Crippen LogP) is 1.59. The van der Waals surface area contributed by atoms with Gasteiger partial charge in [-0.1, -0.05) is 0 Å². The van der Waals surface area contributed by atoms with Crippen molar-refractivity contribution in [2.24, 2.45) is 0 Å². The number of aryl methyl sites for hydroxylation is 1. The van der Waals surface area contributed by atoms with Gasteiger partial charge in [-0.15, -0.1) is 0 Å². The van der Waals surface area contributed by atoms with Gasteiger partial charge in [-0.25, -0.2) is 4.79 Å². The molecule has 0 aliphatic heterocycles. The predicted molar refractivity (Wildman–Crippen MR) is 70.3 cm³/mol. The molecule has 3 rings (SSSR count). The minimum atomic E-state index is -0.418. The molecule has 0 saturated heterocycles. The van der Waals surface area contributed by atoms with Crippen LogP contribution in [-0.4, -0.2) is 22.5 Å². The van der Waals surface area contributed by atoms with E-state index in [1.165, 1.54) is 6.20 Å². The molecule has 2 aromatic rings. The van der Waals surface area contributed by atoms with Gasteiger partial charge in [0.15, 0.2) is 0 Å². The molecule has 0 radical (unpaired) electrons. The van der Waals surface area contributed by atoms with Gasteiger partial charge < -0.3 is 9.72 Å². The third kappa shape index (κ3) is 1.91. The molecule has 0 atom stereocenters. The topological polar surface area (TPSA) is 72.0 Å². The van der Waals surface area contributed by atoms with Crippen LogP contribution in [-0.2, 0) is 17.6 Å². The highest BCUT2D eigenvalue weighted by atomic mass is 16.5. The fourth-order valence-electron chi connectivity index (χ4n) is 2.58. The molecule has 19 heavy (non-hydrogen) atoms. The van der Waals surface area contributed by atoms with E-state index in [-0.39, 0.29) is 5.56 Å². The van der Waals surface area contributed by atoms with Crippen molar-refractivity contribution < 1.29 is 9.53 Å². The zero-order valence-corrected chi connectivity index (χ0v) is 10.7. The largest absolute Gasteiger partial charge is 0.462 e. The molecule has 5 heteroatoms. The summed E-state index contributed by atoms with van der Waals surface area (Å²) in [5.74, 6) is -0.418. The van der Waals surface area contributed by atoms with Gasteiger partial charge in [0.25, 0.3) is 5.56 Å². The lowest BCUT2D eigenvalue weighted by Gasteiger charge is -2.06. The van der Waals surface area contributed by atoms with Crippen LogP contribution in [0.1, 0.15) is 34.8 Å². The molecule has 0 aromatic carbocycles. The first-order valence-electron chi connectivity index (χ1n) is 6.41. The summed E-state index contributed by atoms with van der Waals surface area (Å²) in [6, 6.07) is 1.64. The summed E-state index contributed by atoms with van der Waals surface area (Å²) in [6.45, 7) is 2.07. The van der Waals surface area contributed by atoms with Crippen LogP contribution in [0.25, 0.3) is 11.0 Å². The van der Waals surface area contributed by atoms with Crippen LogP contribution in [0.3, 0.4) is 0 Å². The van der Waals surface area contributed by atoms with Crippen molar-refractivity contribution in [2.45, 2.75) is 26.2 Å². The van der Waals surface area contributed by atoms with Crippen molar-refractivity contribution in [3.05, 3.63) is 39.3 Å². The Labute approximate surface area is 109 Å². The van der Waals surface area contributed by atoms with Crippen LogP contribution < -0.4 is 5.56 Å². The van der Waals surface area contributed by atoms with Gasteiger partial charge in [0.1, 0.15) is 0 Å². The molecule has 1 aliphatic carbocycles. The Morgan fingerprint density at radius 1 is 1.42 bits per heavy atom. The van der Waals surface area contributed by atoms with Gasteiger partial charge in [0.2, 0.25) is 0 Å². The molecule has 0 bridgehead atoms. The quantitative estimate of drug-likeness (QED) is 0.830. The summed E-state index contributed by atoms with van der Waals surface area (Å²) in [5, 5.41) is 0. The molecular formula is C14H14N2O3. The van der Waals surface area contributed by atoms with Crippen LogP contribution in [0.4, 0.5) is 0 Å². The van der Waals surface area contributed by atoms with E-state index in [4.69, 9.17) is 4.74 Å². The van der Waals surface area contributed by atoms with Crippen LogP contribution in [0.15, 0.2) is 17.1 Å². The van der Waals surface area contributed by atoms with Crippen molar-refractivity contribution in [3.8, 4) is 0 Å². The van der Waals surface area contributed by atoms with E-state index >= 15 is 0 Å². The lowest BCUT2D eigenvalue weighted by Crippen LogP contribution is -2.14. The van der Waals surface area contributed by atoms with E-state index in [1.807, 2.05) is 0 Å². The number of nitrogens with one attached hydrogen (secondary N) is 1. The van der Waals surface area contributed by atoms with E-state index < -0.39 is 5.97 Å². The van der Waals surface area contributed by atoms with E-state index in [0.717, 1.165) is 35.9 Å². The zero-order chi connectivity index (χ0) is 13.4. The number of carbonyl (C=O) groups is 1. The Morgan fingerprint density at radius 3 is 3.00 bits per heavy atom. The number of nitrogens with zero attached hydrogens (tertiary/aromatic N) is 1. The molecule has 0 spiro atoms. The van der Waals surface area contributed by atoms with Gasteiger partial charge in [-0.05, 0) is 37.8 Å². The van der Waals surface area contributed by atoms with E-state index in [1.54, 1.807) is 13.0 Å². The molecular weight excluding hydrogens is 244 g/mol. The van der Waals surface area contributed by atoms with Gasteiger partial charge in [-0.2, -0.15) is 0 Å². The summed E-state index contributed by atoms with van der Waals surface area (Å²) < 4.78 is 4.93. The van der Waals surface area contributed by atoms with Gasteiger partial charge >= 0.3 is 5.97 Å². The van der Waals surface area contributed by atoms with Crippen molar-refractivity contribution in [2.75, 3.05) is 6.61 Å². The van der Waals surface area contributed by atoms with Crippen LogP contribution in [0.5, 0.6) is 0 Å². The number of H-pyrrole nitrogens is 1. The Balaban J connectivity index is 2.17. The Kier molecular flexibility index (Phi) is 2.81. The van der Waals surface area contributed by atoms with Crippen LogP contribution in [0, 0.1) is 0 Å². The number of ether oxygens (including phenoxy) is 1. The van der Waals surface area contributed by atoms with Gasteiger partial charge in [0.05, 0.1) is 23.2 Å². The second-order valence-corrected chi connectivity index (χ2v) is 4.61. The third-order valence-corrected chi connectivity index (χ3v) is 3.42. The lowest BCUT2D eigenvalue weighted by atomic mass is 10.1. The number of hydrogen-bond donors (Lipinski definition) is 1. The molecule has 1 N–H and O–H groups in total. The average molecular weight is 258 g/mol. The fourth-order valence-corrected chi connectivity index (χ4v) is 2.58. The number of esters is 1. The molecule has 0 fully saturated rings. The molecule has 2 heterocycles. The maximum Gasteiger partial charge on any atom is 0.339 e. The van der Waals surface area contributed by atoms with Gasteiger partial charge in [-0.3, -0.25) is 9.78 Å². The maximum absolute atomic E-state index is 11.9. The first-order chi connectivity index (χ1) is 9.20. The SMILES string of the molecule is CCOC(=O)c1cnc2c3c(c(=O)[nH]c2c1)CCC3. The average Bonchev–Trinajstić information content (AvgIpc) is 2.88. The van der Waals surface area contributed by atoms with Crippen molar-refractivity contribution >= 4 is 17.0 Å². The number of fused-ring (bicyclic) bond motifs is 3. The lowest BCUT2D eigenvalue weighted by molar-refractivity contribution is 0.0526. The van der Waals surface area contributed by atoms with Crippen molar-refractivity contribution in [3.63, 3.8) is 0 Å². The molecule has 5 nitrogen and oxygen atoms in total. The molecule has 98 valence electrons. The molecule has 0 amide bonds. The summed E-state index contributed by atoms with van der Waals surface area (Å²) >= 11 is 0. The number of aromatic amines is 1. The third-order valence-electron chi connectivity index (χ3n) is 3.42. The number of rotatable bonds is 2. The van der Waals surface area contributed by atoms with E-state index in [9.17, 15) is 9.59 Å². The molecule has 2 aromatic heterocycles. The molecule has 0 saturated carbocycles. The standard InChI is InChI=1S/C14H14N2O3/c1-2-19-14(18)8-6-11-12(15-7-8)9-4-3-5-10(9)13(17)16-11/h6-7H,2-5H2,1H3,(H,16,17). The number of hydrogen-bond acceptors (Lipinski definition) is 4. The number of carbonyl (C=O) groups excluding carboxylic acids is 1. The summed E-state index contributed by atoms with van der Waals surface area (Å²) in [7, 11) is 0. The van der Waals surface area contributed by atoms with Crippen LogP contribution >= 0.6 is 0 Å². The van der Waals surface area contributed by atoms with E-state index in [2.05, 4.69) is 9.97 Å². The summed E-state index contributed by atoms with van der Waals surface area (Å²) in [5.41, 5.74) is 3.56. The molecule has 0 unspecified atom stereocenters. The first kappa shape index (κ1) is 11.9. The second kappa shape index (κ2) is 4.50. The highest BCUT2D eigenvalue weighted by Gasteiger charge is 2.19. The number of pyridine rings is 2. The molecule has 1 aliphatic rings. The van der Waals surface area contributed by atoms with E-state index in [0.29, 0.717) is 17.7 Å². The summed E-state index contributed by atoms with van der Waals surface area (Å²) in [4.78, 5) is 30.7. The Morgan fingerprint density at radius 2 is 2.21 bits per heavy atom. The Bertz CT molecular complexity index is 718. The number of aromatic nitrogens is 2. The smallest absolute Gasteiger partial charge is 0.339 e. The second-order valence-electron chi connectivity index (χ2n) is 4.61. The zero-order valence-electron chi connectivity index (χ0n) is 10.7. The minimum absolute atomic E-state index is 0.0668. The Hall–Kier alpha value is -2.17. The fraction of sp³-hybridized carbons (Fsp3) is 0.357. The van der Waals surface area contributed by atoms with Crippen molar-refractivity contribution in [1.82, 2.24) is 9.97 Å². The minimum Gasteiger partial charge on any atom is -0.462 e. The van der Waals surface area contributed by atoms with Gasteiger partial charge in [0, 0.05) is 11.8 Å². The maximum atomic E-state index is 11.9. The highest BCUT2D eigenvalue weighted by molar-refractivity contribution is 5.93.